The molecule has 1 fully saturated rings. The predicted molar refractivity (Wildman–Crippen MR) is 108 cm³/mol. The van der Waals surface area contributed by atoms with E-state index in [2.05, 4.69) is 16.6 Å². The number of nitrogens with zero attached hydrogens (tertiary/aromatic N) is 3. The van der Waals surface area contributed by atoms with Crippen molar-refractivity contribution >= 4 is 46.2 Å². The number of halogens is 1. The zero-order valence-corrected chi connectivity index (χ0v) is 16.0. The highest BCUT2D eigenvalue weighted by molar-refractivity contribution is 8.18. The molecule has 0 saturated carbocycles. The molecular formula is C19H16ClN3O3S. The lowest BCUT2D eigenvalue weighted by Crippen LogP contribution is -2.29. The van der Waals surface area contributed by atoms with Crippen molar-refractivity contribution in [2.24, 2.45) is 4.99 Å². The van der Waals surface area contributed by atoms with Gasteiger partial charge < -0.3 is 9.84 Å². The number of ether oxygens (including phenoxy) is 1. The Morgan fingerprint density at radius 1 is 1.44 bits per heavy atom. The molecule has 0 bridgehead atoms. The molecule has 2 heterocycles. The first-order valence-electron chi connectivity index (χ1n) is 7.92. The normalized spacial score (nSPS) is 17.0. The molecule has 1 aliphatic rings. The van der Waals surface area contributed by atoms with Crippen molar-refractivity contribution in [1.82, 2.24) is 9.88 Å². The summed E-state index contributed by atoms with van der Waals surface area (Å²) in [5.41, 5.74) is 1.20. The minimum absolute atomic E-state index is 0.0341. The van der Waals surface area contributed by atoms with Crippen LogP contribution < -0.4 is 4.74 Å². The maximum Gasteiger partial charge on any atom is 0.267 e. The highest BCUT2D eigenvalue weighted by Gasteiger charge is 2.32. The van der Waals surface area contributed by atoms with Gasteiger partial charge in [0.05, 0.1) is 12.0 Å². The second-order valence-electron chi connectivity index (χ2n) is 5.45. The van der Waals surface area contributed by atoms with Crippen molar-refractivity contribution in [3.63, 3.8) is 0 Å². The lowest BCUT2D eigenvalue weighted by Gasteiger charge is -2.12. The first kappa shape index (κ1) is 19.0. The van der Waals surface area contributed by atoms with Gasteiger partial charge in [0.2, 0.25) is 0 Å². The van der Waals surface area contributed by atoms with Gasteiger partial charge in [0.15, 0.2) is 21.8 Å². The lowest BCUT2D eigenvalue weighted by atomic mass is 10.2. The number of phenolic OH excluding ortho intramolecular Hbond substituents is 1. The van der Waals surface area contributed by atoms with Crippen molar-refractivity contribution < 1.29 is 14.6 Å². The number of aliphatic imine (C=N–C) groups is 1. The number of phenols is 1. The number of carbonyl (C=O) groups is 1. The molecule has 1 aromatic carbocycles. The highest BCUT2D eigenvalue weighted by Crippen LogP contribution is 2.36. The van der Waals surface area contributed by atoms with Gasteiger partial charge in [-0.1, -0.05) is 23.7 Å². The Morgan fingerprint density at radius 2 is 2.26 bits per heavy atom. The largest absolute Gasteiger partial charge is 0.504 e. The third-order valence-corrected chi connectivity index (χ3v) is 4.95. The monoisotopic (exact) mass is 401 g/mol. The number of carbonyl (C=O) groups excluding carboxylic acids is 1. The van der Waals surface area contributed by atoms with Crippen LogP contribution in [0.15, 0.2) is 59.1 Å². The van der Waals surface area contributed by atoms with E-state index in [1.54, 1.807) is 42.6 Å². The Bertz CT molecular complexity index is 959. The first-order chi connectivity index (χ1) is 13.0. The summed E-state index contributed by atoms with van der Waals surface area (Å²) in [5, 5.41) is 10.5. The Hall–Kier alpha value is -2.77. The average molecular weight is 402 g/mol. The summed E-state index contributed by atoms with van der Waals surface area (Å²) in [5.74, 6) is 0.177. The van der Waals surface area contributed by atoms with Crippen LogP contribution in [0.5, 0.6) is 11.5 Å². The number of pyridine rings is 1. The van der Waals surface area contributed by atoms with E-state index in [4.69, 9.17) is 16.3 Å². The van der Waals surface area contributed by atoms with E-state index in [0.29, 0.717) is 28.1 Å². The zero-order valence-electron chi connectivity index (χ0n) is 14.4. The Balaban J connectivity index is 1.98. The molecule has 3 rings (SSSR count). The summed E-state index contributed by atoms with van der Waals surface area (Å²) in [6.45, 7) is 4.02. The number of hydrogen-bond acceptors (Lipinski definition) is 6. The summed E-state index contributed by atoms with van der Waals surface area (Å²) in [7, 11) is 1.47. The molecule has 2 aromatic rings. The standard InChI is InChI=1S/C19H16ClN3O3S/c1-3-9-23-18(25)16(11-12-6-7-14(24)15(10-12)26-2)27-19(23)22-13-5-4-8-21-17(13)20/h3-8,10-11,24H,1,9H2,2H3/b16-11-,22-19?. The number of methoxy groups -OCH3 is 1. The third kappa shape index (κ3) is 4.15. The lowest BCUT2D eigenvalue weighted by molar-refractivity contribution is -0.121. The fourth-order valence-corrected chi connectivity index (χ4v) is 3.54. The van der Waals surface area contributed by atoms with Gasteiger partial charge in [-0.3, -0.25) is 9.69 Å². The number of benzene rings is 1. The van der Waals surface area contributed by atoms with E-state index in [1.165, 1.54) is 29.8 Å². The predicted octanol–water partition coefficient (Wildman–Crippen LogP) is 4.24. The van der Waals surface area contributed by atoms with Gasteiger partial charge in [-0.05, 0) is 47.7 Å². The van der Waals surface area contributed by atoms with Crippen molar-refractivity contribution in [2.45, 2.75) is 0 Å². The summed E-state index contributed by atoms with van der Waals surface area (Å²) < 4.78 is 5.11. The number of hydrogen-bond donors (Lipinski definition) is 1. The quantitative estimate of drug-likeness (QED) is 0.460. The van der Waals surface area contributed by atoms with Gasteiger partial charge in [0, 0.05) is 12.7 Å². The zero-order chi connectivity index (χ0) is 19.4. The molecule has 0 spiro atoms. The maximum absolute atomic E-state index is 12.8. The number of amidine groups is 1. The number of rotatable bonds is 5. The minimum Gasteiger partial charge on any atom is -0.504 e. The molecule has 1 amide bonds. The van der Waals surface area contributed by atoms with Crippen LogP contribution in [0.4, 0.5) is 5.69 Å². The molecule has 8 heteroatoms. The fourth-order valence-electron chi connectivity index (χ4n) is 2.38. The number of aromatic hydroxyl groups is 1. The fraction of sp³-hybridized carbons (Fsp3) is 0.105. The average Bonchev–Trinajstić information content (AvgIpc) is 2.94. The number of amides is 1. The van der Waals surface area contributed by atoms with Crippen LogP contribution in [0.25, 0.3) is 6.08 Å². The van der Waals surface area contributed by atoms with Gasteiger partial charge in [0.25, 0.3) is 5.91 Å². The smallest absolute Gasteiger partial charge is 0.267 e. The topological polar surface area (TPSA) is 75.0 Å². The van der Waals surface area contributed by atoms with Gasteiger partial charge in [0.1, 0.15) is 5.69 Å². The molecule has 1 aromatic heterocycles. The first-order valence-corrected chi connectivity index (χ1v) is 9.11. The molecule has 6 nitrogen and oxygen atoms in total. The van der Waals surface area contributed by atoms with Gasteiger partial charge in [-0.2, -0.15) is 0 Å². The summed E-state index contributed by atoms with van der Waals surface area (Å²) in [6, 6.07) is 8.32. The second kappa shape index (κ2) is 8.28. The van der Waals surface area contributed by atoms with Crippen LogP contribution >= 0.6 is 23.4 Å². The van der Waals surface area contributed by atoms with E-state index in [1.807, 2.05) is 0 Å². The van der Waals surface area contributed by atoms with Crippen LogP contribution in [-0.4, -0.2) is 39.7 Å². The molecule has 0 unspecified atom stereocenters. The molecule has 1 saturated heterocycles. The van der Waals surface area contributed by atoms with E-state index >= 15 is 0 Å². The third-order valence-electron chi connectivity index (χ3n) is 3.66. The van der Waals surface area contributed by atoms with Gasteiger partial charge in [-0.25, -0.2) is 9.98 Å². The summed E-state index contributed by atoms with van der Waals surface area (Å²) in [6.07, 6.45) is 4.92. The van der Waals surface area contributed by atoms with Crippen LogP contribution in [0.3, 0.4) is 0 Å². The summed E-state index contributed by atoms with van der Waals surface area (Å²) in [4.78, 5) is 23.3. The number of aromatic nitrogens is 1. The molecule has 0 aliphatic carbocycles. The van der Waals surface area contributed by atoms with Crippen LogP contribution in [0, 0.1) is 0 Å². The molecule has 1 aliphatic heterocycles. The van der Waals surface area contributed by atoms with E-state index in [0.717, 1.165) is 5.56 Å². The van der Waals surface area contributed by atoms with Crippen LogP contribution in [0.1, 0.15) is 5.56 Å². The molecule has 138 valence electrons. The molecule has 0 atom stereocenters. The van der Waals surface area contributed by atoms with Crippen molar-refractivity contribution in [2.75, 3.05) is 13.7 Å². The number of thioether (sulfide) groups is 1. The van der Waals surface area contributed by atoms with Crippen molar-refractivity contribution in [1.29, 1.82) is 0 Å². The van der Waals surface area contributed by atoms with Crippen molar-refractivity contribution in [3.05, 3.63) is 64.8 Å². The molecule has 0 radical (unpaired) electrons. The van der Waals surface area contributed by atoms with Crippen LogP contribution in [-0.2, 0) is 4.79 Å². The van der Waals surface area contributed by atoms with E-state index < -0.39 is 0 Å². The molecule has 1 N–H and O–H groups in total. The second-order valence-corrected chi connectivity index (χ2v) is 6.82. The van der Waals surface area contributed by atoms with Gasteiger partial charge in [-0.15, -0.1) is 6.58 Å². The van der Waals surface area contributed by atoms with E-state index in [-0.39, 0.29) is 16.8 Å². The van der Waals surface area contributed by atoms with E-state index in [9.17, 15) is 9.90 Å². The summed E-state index contributed by atoms with van der Waals surface area (Å²) >= 11 is 7.31. The Labute approximate surface area is 165 Å². The Morgan fingerprint density at radius 3 is 2.96 bits per heavy atom. The Kier molecular flexibility index (Phi) is 5.83. The highest BCUT2D eigenvalue weighted by atomic mass is 35.5. The van der Waals surface area contributed by atoms with Crippen molar-refractivity contribution in [3.8, 4) is 11.5 Å². The SMILES string of the molecule is C=CCN1C(=O)/C(=C/c2ccc(O)c(OC)c2)SC1=Nc1cccnc1Cl. The maximum atomic E-state index is 12.8. The molecule has 27 heavy (non-hydrogen) atoms. The van der Waals surface area contributed by atoms with Crippen LogP contribution in [0.2, 0.25) is 5.15 Å². The minimum atomic E-state index is -0.189. The molecular weight excluding hydrogens is 386 g/mol. The van der Waals surface area contributed by atoms with Gasteiger partial charge >= 0.3 is 0 Å².